The van der Waals surface area contributed by atoms with E-state index in [1.807, 2.05) is 13.8 Å². The Balaban J connectivity index is 2.35. The highest BCUT2D eigenvalue weighted by atomic mass is 16.2. The number of hydrogen-bond acceptors (Lipinski definition) is 3. The molecule has 2 amide bonds. The molecule has 1 aliphatic rings. The minimum absolute atomic E-state index is 0.0448. The molecule has 5 nitrogen and oxygen atoms in total. The Morgan fingerprint density at radius 2 is 1.79 bits per heavy atom. The normalized spacial score (nSPS) is 18.1. The van der Waals surface area contributed by atoms with Gasteiger partial charge in [0.25, 0.3) is 0 Å². The Bertz CT molecular complexity index is 310. The van der Waals surface area contributed by atoms with E-state index in [4.69, 9.17) is 5.73 Å². The third kappa shape index (κ3) is 5.59. The molecule has 1 rings (SSSR count). The summed E-state index contributed by atoms with van der Waals surface area (Å²) < 4.78 is 0. The van der Waals surface area contributed by atoms with Gasteiger partial charge in [0.05, 0.1) is 6.54 Å². The van der Waals surface area contributed by atoms with E-state index in [0.717, 1.165) is 25.7 Å². The van der Waals surface area contributed by atoms with Crippen molar-refractivity contribution in [2.24, 2.45) is 11.1 Å². The van der Waals surface area contributed by atoms with E-state index in [0.29, 0.717) is 13.0 Å². The summed E-state index contributed by atoms with van der Waals surface area (Å²) in [4.78, 5) is 23.4. The molecule has 0 heterocycles. The van der Waals surface area contributed by atoms with E-state index >= 15 is 0 Å². The fraction of sp³-hybridized carbons (Fsp3) is 0.857. The van der Waals surface area contributed by atoms with Crippen LogP contribution in [0.2, 0.25) is 0 Å². The molecule has 1 aliphatic carbocycles. The highest BCUT2D eigenvalue weighted by molar-refractivity contribution is 5.85. The van der Waals surface area contributed by atoms with Crippen LogP contribution in [0.5, 0.6) is 0 Å². The second kappa shape index (κ2) is 7.48. The second-order valence-corrected chi connectivity index (χ2v) is 5.94. The van der Waals surface area contributed by atoms with E-state index in [2.05, 4.69) is 10.6 Å². The molecule has 0 saturated heterocycles. The number of hydrogen-bond donors (Lipinski definition) is 3. The first-order valence-corrected chi connectivity index (χ1v) is 7.23. The SMILES string of the molecule is CC(C)NC(=O)CNC(=O)CC1(CN)CCCCC1. The Kier molecular flexibility index (Phi) is 6.28. The zero-order chi connectivity index (χ0) is 14.3. The molecule has 0 aliphatic heterocycles. The van der Waals surface area contributed by atoms with Crippen molar-refractivity contribution >= 4 is 11.8 Å². The van der Waals surface area contributed by atoms with Gasteiger partial charge in [-0.25, -0.2) is 0 Å². The van der Waals surface area contributed by atoms with Crippen LogP contribution < -0.4 is 16.4 Å². The Morgan fingerprint density at radius 1 is 1.16 bits per heavy atom. The van der Waals surface area contributed by atoms with E-state index in [9.17, 15) is 9.59 Å². The maximum Gasteiger partial charge on any atom is 0.239 e. The average Bonchev–Trinajstić information content (AvgIpc) is 2.37. The molecule has 0 aromatic rings. The van der Waals surface area contributed by atoms with Gasteiger partial charge in [-0.15, -0.1) is 0 Å². The summed E-state index contributed by atoms with van der Waals surface area (Å²) in [6, 6.07) is 0.0955. The summed E-state index contributed by atoms with van der Waals surface area (Å²) >= 11 is 0. The monoisotopic (exact) mass is 269 g/mol. The molecule has 110 valence electrons. The van der Waals surface area contributed by atoms with Crippen LogP contribution in [-0.4, -0.2) is 30.9 Å². The van der Waals surface area contributed by atoms with Gasteiger partial charge in [-0.2, -0.15) is 0 Å². The predicted octanol–water partition coefficient (Wildman–Crippen LogP) is 0.927. The number of carbonyl (C=O) groups is 2. The molecule has 19 heavy (non-hydrogen) atoms. The minimum atomic E-state index is -0.145. The van der Waals surface area contributed by atoms with Crippen LogP contribution in [-0.2, 0) is 9.59 Å². The van der Waals surface area contributed by atoms with Gasteiger partial charge in [-0.3, -0.25) is 9.59 Å². The average molecular weight is 269 g/mol. The number of carbonyl (C=O) groups excluding carboxylic acids is 2. The molecular weight excluding hydrogens is 242 g/mol. The van der Waals surface area contributed by atoms with Crippen LogP contribution >= 0.6 is 0 Å². The summed E-state index contributed by atoms with van der Waals surface area (Å²) in [7, 11) is 0. The Morgan fingerprint density at radius 3 is 2.32 bits per heavy atom. The smallest absolute Gasteiger partial charge is 0.239 e. The number of amides is 2. The van der Waals surface area contributed by atoms with Crippen LogP contribution in [0.25, 0.3) is 0 Å². The van der Waals surface area contributed by atoms with Crippen molar-refractivity contribution in [3.8, 4) is 0 Å². The standard InChI is InChI=1S/C14H27N3O2/c1-11(2)17-13(19)9-16-12(18)8-14(10-15)6-4-3-5-7-14/h11H,3-10,15H2,1-2H3,(H,16,18)(H,17,19). The van der Waals surface area contributed by atoms with Crippen LogP contribution in [0.3, 0.4) is 0 Å². The van der Waals surface area contributed by atoms with Gasteiger partial charge in [0.2, 0.25) is 11.8 Å². The van der Waals surface area contributed by atoms with Crippen molar-refractivity contribution in [2.75, 3.05) is 13.1 Å². The first-order valence-electron chi connectivity index (χ1n) is 7.23. The van der Waals surface area contributed by atoms with Gasteiger partial charge in [0.15, 0.2) is 0 Å². The predicted molar refractivity (Wildman–Crippen MR) is 75.5 cm³/mol. The van der Waals surface area contributed by atoms with Crippen molar-refractivity contribution in [1.82, 2.24) is 10.6 Å². The molecular formula is C14H27N3O2. The summed E-state index contributed by atoms with van der Waals surface area (Å²) in [6.45, 7) is 4.40. The van der Waals surface area contributed by atoms with Gasteiger partial charge >= 0.3 is 0 Å². The highest BCUT2D eigenvalue weighted by Crippen LogP contribution is 2.38. The minimum Gasteiger partial charge on any atom is -0.352 e. The van der Waals surface area contributed by atoms with Gasteiger partial charge in [0, 0.05) is 12.5 Å². The molecule has 0 bridgehead atoms. The Labute approximate surface area is 115 Å². The van der Waals surface area contributed by atoms with Gasteiger partial charge in [-0.1, -0.05) is 19.3 Å². The third-order valence-electron chi connectivity index (χ3n) is 3.78. The molecule has 5 heteroatoms. The quantitative estimate of drug-likeness (QED) is 0.670. The van der Waals surface area contributed by atoms with Crippen LogP contribution in [0.4, 0.5) is 0 Å². The second-order valence-electron chi connectivity index (χ2n) is 5.94. The number of rotatable bonds is 6. The molecule has 1 fully saturated rings. The maximum absolute atomic E-state index is 11.9. The van der Waals surface area contributed by atoms with Gasteiger partial charge in [0.1, 0.15) is 0 Å². The van der Waals surface area contributed by atoms with Crippen molar-refractivity contribution in [3.05, 3.63) is 0 Å². The van der Waals surface area contributed by atoms with Crippen molar-refractivity contribution < 1.29 is 9.59 Å². The summed E-state index contributed by atoms with van der Waals surface area (Å²) in [5.41, 5.74) is 5.80. The van der Waals surface area contributed by atoms with Gasteiger partial charge in [-0.05, 0) is 38.6 Å². The number of nitrogens with one attached hydrogen (secondary N) is 2. The lowest BCUT2D eigenvalue weighted by Gasteiger charge is -2.35. The lowest BCUT2D eigenvalue weighted by Crippen LogP contribution is -2.43. The van der Waals surface area contributed by atoms with Crippen molar-refractivity contribution in [2.45, 2.75) is 58.4 Å². The first-order chi connectivity index (χ1) is 8.97. The molecule has 0 aromatic carbocycles. The van der Waals surface area contributed by atoms with Crippen LogP contribution in [0.15, 0.2) is 0 Å². The van der Waals surface area contributed by atoms with Crippen molar-refractivity contribution in [1.29, 1.82) is 0 Å². The third-order valence-corrected chi connectivity index (χ3v) is 3.78. The number of nitrogens with two attached hydrogens (primary N) is 1. The lowest BCUT2D eigenvalue weighted by molar-refractivity contribution is -0.128. The molecule has 1 saturated carbocycles. The van der Waals surface area contributed by atoms with Crippen LogP contribution in [0, 0.1) is 5.41 Å². The summed E-state index contributed by atoms with van der Waals surface area (Å²) in [6.07, 6.45) is 6.03. The Hall–Kier alpha value is -1.10. The summed E-state index contributed by atoms with van der Waals surface area (Å²) in [5, 5.41) is 5.43. The fourth-order valence-corrected chi connectivity index (χ4v) is 2.71. The molecule has 0 atom stereocenters. The van der Waals surface area contributed by atoms with Crippen LogP contribution in [0.1, 0.15) is 52.4 Å². The zero-order valence-electron chi connectivity index (χ0n) is 12.1. The van der Waals surface area contributed by atoms with E-state index in [1.54, 1.807) is 0 Å². The first kappa shape index (κ1) is 16.0. The molecule has 0 unspecified atom stereocenters. The molecule has 0 spiro atoms. The topological polar surface area (TPSA) is 84.2 Å². The fourth-order valence-electron chi connectivity index (χ4n) is 2.71. The van der Waals surface area contributed by atoms with E-state index < -0.39 is 0 Å². The van der Waals surface area contributed by atoms with Gasteiger partial charge < -0.3 is 16.4 Å². The maximum atomic E-state index is 11.9. The van der Waals surface area contributed by atoms with E-state index in [-0.39, 0.29) is 29.8 Å². The highest BCUT2D eigenvalue weighted by Gasteiger charge is 2.32. The summed E-state index contributed by atoms with van der Waals surface area (Å²) in [5.74, 6) is -0.208. The molecule has 4 N–H and O–H groups in total. The van der Waals surface area contributed by atoms with Crippen molar-refractivity contribution in [3.63, 3.8) is 0 Å². The largest absolute Gasteiger partial charge is 0.352 e. The zero-order valence-corrected chi connectivity index (χ0v) is 12.1. The molecule has 0 aromatic heterocycles. The van der Waals surface area contributed by atoms with E-state index in [1.165, 1.54) is 6.42 Å². The lowest BCUT2D eigenvalue weighted by atomic mass is 9.71. The molecule has 0 radical (unpaired) electrons.